The highest BCUT2D eigenvalue weighted by atomic mass is 16.8. The molecule has 10 heterocycles. The molecule has 0 saturated carbocycles. The second kappa shape index (κ2) is 14.3. The van der Waals surface area contributed by atoms with E-state index in [9.17, 15) is 9.90 Å². The first-order chi connectivity index (χ1) is 25.1. The molecule has 12 bridgehead atoms. The Hall–Kier alpha value is -1.29. The fourth-order valence-corrected chi connectivity index (χ4v) is 11.3. The Labute approximate surface area is 307 Å². The Bertz CT molecular complexity index is 1380. The third-order valence-corrected chi connectivity index (χ3v) is 14.0. The number of fused-ring (bicyclic) bond motifs is 6. The molecule has 1 spiro atoms. The zero-order chi connectivity index (χ0) is 35.9. The molecule has 10 saturated heterocycles. The number of methoxy groups -OCH3 is 1. The maximum absolute atomic E-state index is 14.1. The van der Waals surface area contributed by atoms with Crippen molar-refractivity contribution in [2.24, 2.45) is 17.6 Å². The summed E-state index contributed by atoms with van der Waals surface area (Å²) in [5.41, 5.74) is 8.01. The van der Waals surface area contributed by atoms with Crippen molar-refractivity contribution in [3.63, 3.8) is 0 Å². The molecule has 0 unspecified atom stereocenters. The SMILES string of the molecule is C=C1C[C@@H]2CC[C@@]34C[C@@H]5O[C@@H]6[C@@H](O[C@H]7CC[C@H](CC(=O)C[C@@H]8[C@@H](OC)[C@@H](C[C@H](O)CN)O[C@H]8C[C@H]8O[C@@H](CC[C@@H]1O2)C[C@@H](C)C8=C)O[C@@H]7[C@@H]6O3)[C@H]5O4. The highest BCUT2D eigenvalue weighted by Crippen LogP contribution is 2.54. The van der Waals surface area contributed by atoms with Crippen LogP contribution in [0.5, 0.6) is 0 Å². The van der Waals surface area contributed by atoms with Gasteiger partial charge in [0.2, 0.25) is 0 Å². The molecule has 52 heavy (non-hydrogen) atoms. The van der Waals surface area contributed by atoms with Gasteiger partial charge in [0.15, 0.2) is 5.79 Å². The molecule has 0 amide bonds. The highest BCUT2D eigenvalue weighted by Gasteiger charge is 2.68. The molecule has 10 aliphatic heterocycles. The minimum absolute atomic E-state index is 0.0158. The first-order valence-electron chi connectivity index (χ1n) is 20.2. The Balaban J connectivity index is 0.994. The van der Waals surface area contributed by atoms with Crippen molar-refractivity contribution in [1.82, 2.24) is 0 Å². The predicted octanol–water partition coefficient (Wildman–Crippen LogP) is 3.44. The molecule has 19 atom stereocenters. The topological polar surface area (TPSA) is 146 Å². The van der Waals surface area contributed by atoms with Crippen LogP contribution in [0, 0.1) is 11.8 Å². The van der Waals surface area contributed by atoms with Crippen LogP contribution in [0.25, 0.3) is 0 Å². The number of rotatable bonds is 4. The molecular formula is C40H59NO11. The summed E-state index contributed by atoms with van der Waals surface area (Å²) in [6.07, 6.45) is 4.85. The van der Waals surface area contributed by atoms with E-state index in [0.29, 0.717) is 25.7 Å². The third-order valence-electron chi connectivity index (χ3n) is 14.0. The van der Waals surface area contributed by atoms with Gasteiger partial charge in [-0.05, 0) is 62.0 Å². The molecule has 3 N–H and O–H groups in total. The number of carbonyl (C=O) groups excluding carboxylic acids is 1. The number of aliphatic hydroxyl groups excluding tert-OH is 1. The summed E-state index contributed by atoms with van der Waals surface area (Å²) < 4.78 is 60.0. The number of aliphatic hydroxyl groups is 1. The minimum atomic E-state index is -0.780. The van der Waals surface area contributed by atoms with E-state index in [1.165, 1.54) is 0 Å². The van der Waals surface area contributed by atoms with Gasteiger partial charge in [0.1, 0.15) is 36.3 Å². The summed E-state index contributed by atoms with van der Waals surface area (Å²) in [6.45, 7) is 11.3. The average Bonchev–Trinajstić information content (AvgIpc) is 3.79. The summed E-state index contributed by atoms with van der Waals surface area (Å²) in [5, 5.41) is 10.5. The van der Waals surface area contributed by atoms with E-state index in [1.807, 2.05) is 0 Å². The number of ketones is 1. The van der Waals surface area contributed by atoms with Gasteiger partial charge in [-0.25, -0.2) is 0 Å². The van der Waals surface area contributed by atoms with Gasteiger partial charge in [-0.1, -0.05) is 20.1 Å². The van der Waals surface area contributed by atoms with Gasteiger partial charge in [0, 0.05) is 58.1 Å². The second-order valence-electron chi connectivity index (χ2n) is 17.4. The smallest absolute Gasteiger partial charge is 0.172 e. The van der Waals surface area contributed by atoms with Crippen molar-refractivity contribution < 1.29 is 52.5 Å². The lowest BCUT2D eigenvalue weighted by atomic mass is 9.81. The molecule has 10 rings (SSSR count). The van der Waals surface area contributed by atoms with Crippen molar-refractivity contribution in [2.45, 2.75) is 194 Å². The highest BCUT2D eigenvalue weighted by molar-refractivity contribution is 5.79. The van der Waals surface area contributed by atoms with Crippen molar-refractivity contribution in [3.05, 3.63) is 24.3 Å². The standard InChI is InChI=1S/C40H59NO11/c1-19-11-24-5-7-28-20(2)12-26(45-28)9-10-40-17-33-36(51-40)37-38(50-33)39(52-40)35-29(49-37)8-6-25(47-35)13-22(42)14-27-31(16-30(46-24)21(19)3)48-32(34(27)44-4)15-23(43)18-41/h19,23-39,43H,2-3,5-18,41H2,1,4H3/t19-,23+,24+,25-,26+,27+,28+,29+,30-,31+,32-,33+,34-,35+,36+,37+,38-,39+,40+/m1/s1. The molecule has 0 aromatic rings. The number of carbonyl (C=O) groups is 1. The van der Waals surface area contributed by atoms with Crippen molar-refractivity contribution >= 4 is 5.78 Å². The average molecular weight is 730 g/mol. The maximum Gasteiger partial charge on any atom is 0.172 e. The van der Waals surface area contributed by atoms with Crippen molar-refractivity contribution in [1.29, 1.82) is 0 Å². The fourth-order valence-electron chi connectivity index (χ4n) is 11.3. The monoisotopic (exact) mass is 729 g/mol. The van der Waals surface area contributed by atoms with Gasteiger partial charge in [0.25, 0.3) is 0 Å². The van der Waals surface area contributed by atoms with E-state index in [-0.39, 0.29) is 122 Å². The lowest BCUT2D eigenvalue weighted by Crippen LogP contribution is -2.61. The summed E-state index contributed by atoms with van der Waals surface area (Å²) in [7, 11) is 1.66. The van der Waals surface area contributed by atoms with Crippen molar-refractivity contribution in [3.8, 4) is 0 Å². The van der Waals surface area contributed by atoms with E-state index in [1.54, 1.807) is 7.11 Å². The van der Waals surface area contributed by atoms with Gasteiger partial charge < -0.3 is 53.5 Å². The number of ether oxygens (including phenoxy) is 9. The van der Waals surface area contributed by atoms with Crippen LogP contribution in [0.4, 0.5) is 0 Å². The van der Waals surface area contributed by atoms with Gasteiger partial charge in [0.05, 0.1) is 67.1 Å². The first-order valence-corrected chi connectivity index (χ1v) is 20.2. The van der Waals surface area contributed by atoms with Gasteiger partial charge in [-0.2, -0.15) is 0 Å². The first kappa shape index (κ1) is 36.4. The van der Waals surface area contributed by atoms with E-state index >= 15 is 0 Å². The fraction of sp³-hybridized carbons (Fsp3) is 0.875. The Kier molecular flexibility index (Phi) is 10.0. The van der Waals surface area contributed by atoms with Crippen LogP contribution in [-0.2, 0) is 47.4 Å². The summed E-state index contributed by atoms with van der Waals surface area (Å²) in [4.78, 5) is 14.1. The normalized spacial score (nSPS) is 52.4. The molecule has 0 aromatic heterocycles. The minimum Gasteiger partial charge on any atom is -0.392 e. The quantitative estimate of drug-likeness (QED) is 0.409. The van der Waals surface area contributed by atoms with Crippen LogP contribution in [0.2, 0.25) is 0 Å². The Morgan fingerprint density at radius 2 is 1.56 bits per heavy atom. The molecule has 12 nitrogen and oxygen atoms in total. The maximum atomic E-state index is 14.1. The molecule has 10 fully saturated rings. The second-order valence-corrected chi connectivity index (χ2v) is 17.4. The lowest BCUT2D eigenvalue weighted by molar-refractivity contribution is -0.292. The molecule has 10 aliphatic rings. The number of hydrogen-bond acceptors (Lipinski definition) is 12. The molecule has 0 aliphatic carbocycles. The summed E-state index contributed by atoms with van der Waals surface area (Å²) >= 11 is 0. The van der Waals surface area contributed by atoms with E-state index in [0.717, 1.165) is 56.1 Å². The van der Waals surface area contributed by atoms with Crippen LogP contribution in [0.15, 0.2) is 24.3 Å². The summed E-state index contributed by atoms with van der Waals surface area (Å²) in [5.74, 6) is -0.619. The molecular weight excluding hydrogens is 670 g/mol. The number of nitrogens with two attached hydrogens (primary N) is 1. The molecule has 290 valence electrons. The zero-order valence-electron chi connectivity index (χ0n) is 30.8. The summed E-state index contributed by atoms with van der Waals surface area (Å²) in [6, 6.07) is 0. The van der Waals surface area contributed by atoms with Gasteiger partial charge in [-0.15, -0.1) is 0 Å². The van der Waals surface area contributed by atoms with Gasteiger partial charge >= 0.3 is 0 Å². The van der Waals surface area contributed by atoms with Crippen LogP contribution >= 0.6 is 0 Å². The van der Waals surface area contributed by atoms with E-state index in [4.69, 9.17) is 48.4 Å². The van der Waals surface area contributed by atoms with Crippen LogP contribution in [0.3, 0.4) is 0 Å². The lowest BCUT2D eigenvalue weighted by Gasteiger charge is -2.47. The molecule has 0 radical (unpaired) electrons. The molecule has 12 heteroatoms. The van der Waals surface area contributed by atoms with Crippen LogP contribution in [-0.4, -0.2) is 128 Å². The Morgan fingerprint density at radius 1 is 0.808 bits per heavy atom. The van der Waals surface area contributed by atoms with Crippen molar-refractivity contribution in [2.75, 3.05) is 13.7 Å². The van der Waals surface area contributed by atoms with E-state index < -0.39 is 18.0 Å². The van der Waals surface area contributed by atoms with Crippen LogP contribution in [0.1, 0.15) is 90.4 Å². The third kappa shape index (κ3) is 6.59. The predicted molar refractivity (Wildman–Crippen MR) is 186 cm³/mol. The van der Waals surface area contributed by atoms with Gasteiger partial charge in [-0.3, -0.25) is 4.79 Å². The molecule has 0 aromatic carbocycles. The zero-order valence-corrected chi connectivity index (χ0v) is 30.8. The Morgan fingerprint density at radius 3 is 2.38 bits per heavy atom. The van der Waals surface area contributed by atoms with E-state index in [2.05, 4.69) is 20.1 Å². The number of hydrogen-bond donors (Lipinski definition) is 2. The largest absolute Gasteiger partial charge is 0.392 e. The van der Waals surface area contributed by atoms with Crippen LogP contribution < -0.4 is 5.73 Å². The number of Topliss-reactive ketones (excluding diaryl/α,β-unsaturated/α-hetero) is 1.